The van der Waals surface area contributed by atoms with Gasteiger partial charge in [-0.3, -0.25) is 4.90 Å². The van der Waals surface area contributed by atoms with Gasteiger partial charge in [0.1, 0.15) is 5.75 Å². The molecule has 4 nitrogen and oxygen atoms in total. The third-order valence-electron chi connectivity index (χ3n) is 5.21. The van der Waals surface area contributed by atoms with Crippen molar-refractivity contribution in [2.75, 3.05) is 45.9 Å². The largest absolute Gasteiger partial charge is 0.494 e. The van der Waals surface area contributed by atoms with Crippen LogP contribution < -0.4 is 10.5 Å². The summed E-state index contributed by atoms with van der Waals surface area (Å²) in [5.41, 5.74) is 6.97. The molecule has 0 unspecified atom stereocenters. The number of nitrogens with two attached hydrogens (primary N) is 1. The average Bonchev–Trinajstić information content (AvgIpc) is 2.67. The van der Waals surface area contributed by atoms with Crippen LogP contribution >= 0.6 is 0 Å². The Bertz CT molecular complexity index is 472. The lowest BCUT2D eigenvalue weighted by atomic mass is 10.1. The van der Waals surface area contributed by atoms with E-state index in [1.54, 1.807) is 0 Å². The first-order valence-corrected chi connectivity index (χ1v) is 10.7. The second kappa shape index (κ2) is 13.1. The lowest BCUT2D eigenvalue weighted by Crippen LogP contribution is -2.46. The standard InChI is InChI=1S/C22H39N3O/c1-2-3-4-5-6-7-18-26-22-11-8-10-21(19-22)20-25-16-14-24(15-17-25)13-9-12-23/h8,10-11,19H,2-7,9,12-18,20,23H2,1H3. The Morgan fingerprint density at radius 1 is 0.923 bits per heavy atom. The molecular formula is C22H39N3O. The van der Waals surface area contributed by atoms with E-state index in [0.717, 1.165) is 64.6 Å². The summed E-state index contributed by atoms with van der Waals surface area (Å²) in [6.07, 6.45) is 8.95. The van der Waals surface area contributed by atoms with Gasteiger partial charge in [-0.1, -0.05) is 51.2 Å². The topological polar surface area (TPSA) is 41.7 Å². The van der Waals surface area contributed by atoms with Crippen molar-refractivity contribution in [2.45, 2.75) is 58.4 Å². The van der Waals surface area contributed by atoms with Crippen molar-refractivity contribution in [3.05, 3.63) is 29.8 Å². The smallest absolute Gasteiger partial charge is 0.119 e. The molecule has 1 aromatic rings. The Balaban J connectivity index is 1.64. The maximum absolute atomic E-state index is 5.97. The molecule has 2 rings (SSSR count). The van der Waals surface area contributed by atoms with Gasteiger partial charge in [0.05, 0.1) is 6.61 Å². The first-order chi connectivity index (χ1) is 12.8. The Kier molecular flexibility index (Phi) is 10.7. The fraction of sp³-hybridized carbons (Fsp3) is 0.727. The van der Waals surface area contributed by atoms with Crippen molar-refractivity contribution < 1.29 is 4.74 Å². The molecule has 0 bridgehead atoms. The molecular weight excluding hydrogens is 322 g/mol. The third kappa shape index (κ3) is 8.52. The number of piperazine rings is 1. The van der Waals surface area contributed by atoms with Gasteiger partial charge in [0, 0.05) is 32.7 Å². The number of ether oxygens (including phenoxy) is 1. The minimum atomic E-state index is 0.797. The molecule has 0 saturated carbocycles. The van der Waals surface area contributed by atoms with Crippen LogP contribution in [0.4, 0.5) is 0 Å². The van der Waals surface area contributed by atoms with E-state index in [9.17, 15) is 0 Å². The number of hydrogen-bond acceptors (Lipinski definition) is 4. The Hall–Kier alpha value is -1.10. The van der Waals surface area contributed by atoms with E-state index in [2.05, 4.69) is 41.0 Å². The first-order valence-electron chi connectivity index (χ1n) is 10.7. The molecule has 1 aliphatic heterocycles. The van der Waals surface area contributed by atoms with Gasteiger partial charge >= 0.3 is 0 Å². The number of nitrogens with zero attached hydrogens (tertiary/aromatic N) is 2. The highest BCUT2D eigenvalue weighted by atomic mass is 16.5. The van der Waals surface area contributed by atoms with Crippen molar-refractivity contribution in [2.24, 2.45) is 5.73 Å². The first kappa shape index (κ1) is 21.2. The average molecular weight is 362 g/mol. The fourth-order valence-electron chi connectivity index (χ4n) is 3.55. The molecule has 4 heteroatoms. The molecule has 0 aliphatic carbocycles. The molecule has 148 valence electrons. The molecule has 2 N–H and O–H groups in total. The lowest BCUT2D eigenvalue weighted by Gasteiger charge is -2.34. The van der Waals surface area contributed by atoms with Crippen LogP contribution in [0.15, 0.2) is 24.3 Å². The Morgan fingerprint density at radius 3 is 2.42 bits per heavy atom. The number of benzene rings is 1. The van der Waals surface area contributed by atoms with E-state index in [-0.39, 0.29) is 0 Å². The SMILES string of the molecule is CCCCCCCCOc1cccc(CN2CCN(CCCN)CC2)c1. The molecule has 0 spiro atoms. The quantitative estimate of drug-likeness (QED) is 0.541. The Morgan fingerprint density at radius 2 is 1.65 bits per heavy atom. The monoisotopic (exact) mass is 361 g/mol. The van der Waals surface area contributed by atoms with Crippen molar-refractivity contribution in [3.8, 4) is 5.75 Å². The fourth-order valence-corrected chi connectivity index (χ4v) is 3.55. The van der Waals surface area contributed by atoms with E-state index in [1.807, 2.05) is 0 Å². The van der Waals surface area contributed by atoms with Gasteiger partial charge < -0.3 is 15.4 Å². The van der Waals surface area contributed by atoms with Crippen LogP contribution in [0.5, 0.6) is 5.75 Å². The number of rotatable bonds is 13. The third-order valence-corrected chi connectivity index (χ3v) is 5.21. The molecule has 1 fully saturated rings. The summed E-state index contributed by atoms with van der Waals surface area (Å²) in [6.45, 7) is 10.7. The molecule has 26 heavy (non-hydrogen) atoms. The molecule has 0 atom stereocenters. The van der Waals surface area contributed by atoms with Gasteiger partial charge in [-0.05, 0) is 43.6 Å². The summed E-state index contributed by atoms with van der Waals surface area (Å²) in [6, 6.07) is 8.66. The zero-order chi connectivity index (χ0) is 18.5. The highest BCUT2D eigenvalue weighted by Crippen LogP contribution is 2.17. The molecule has 0 radical (unpaired) electrons. The van der Waals surface area contributed by atoms with Crippen molar-refractivity contribution in [1.82, 2.24) is 9.80 Å². The summed E-state index contributed by atoms with van der Waals surface area (Å²) < 4.78 is 5.97. The number of hydrogen-bond donors (Lipinski definition) is 1. The zero-order valence-electron chi connectivity index (χ0n) is 16.8. The van der Waals surface area contributed by atoms with E-state index < -0.39 is 0 Å². The summed E-state index contributed by atoms with van der Waals surface area (Å²) >= 11 is 0. The van der Waals surface area contributed by atoms with E-state index in [4.69, 9.17) is 10.5 Å². The predicted molar refractivity (Wildman–Crippen MR) is 111 cm³/mol. The predicted octanol–water partition coefficient (Wildman–Crippen LogP) is 3.89. The van der Waals surface area contributed by atoms with Gasteiger partial charge in [0.2, 0.25) is 0 Å². The maximum atomic E-state index is 5.97. The minimum absolute atomic E-state index is 0.797. The Labute approximate surface area is 160 Å². The molecule has 1 aliphatic rings. The van der Waals surface area contributed by atoms with Gasteiger partial charge in [0.25, 0.3) is 0 Å². The number of unbranched alkanes of at least 4 members (excludes halogenated alkanes) is 5. The van der Waals surface area contributed by atoms with Crippen molar-refractivity contribution in [1.29, 1.82) is 0 Å². The highest BCUT2D eigenvalue weighted by molar-refractivity contribution is 5.28. The maximum Gasteiger partial charge on any atom is 0.119 e. The van der Waals surface area contributed by atoms with Gasteiger partial charge in [0.15, 0.2) is 0 Å². The van der Waals surface area contributed by atoms with Crippen LogP contribution in [-0.4, -0.2) is 55.7 Å². The summed E-state index contributed by atoms with van der Waals surface area (Å²) in [4.78, 5) is 5.08. The van der Waals surface area contributed by atoms with Crippen LogP contribution in [-0.2, 0) is 6.54 Å². The molecule has 1 heterocycles. The second-order valence-corrected chi connectivity index (χ2v) is 7.52. The summed E-state index contributed by atoms with van der Waals surface area (Å²) in [5, 5.41) is 0. The summed E-state index contributed by atoms with van der Waals surface area (Å²) in [5.74, 6) is 1.03. The van der Waals surface area contributed by atoms with Crippen molar-refractivity contribution >= 4 is 0 Å². The van der Waals surface area contributed by atoms with Gasteiger partial charge in [-0.25, -0.2) is 0 Å². The zero-order valence-corrected chi connectivity index (χ0v) is 16.8. The van der Waals surface area contributed by atoms with Gasteiger partial charge in [-0.2, -0.15) is 0 Å². The van der Waals surface area contributed by atoms with E-state index >= 15 is 0 Å². The van der Waals surface area contributed by atoms with E-state index in [1.165, 1.54) is 44.1 Å². The van der Waals surface area contributed by atoms with Crippen LogP contribution in [0.1, 0.15) is 57.4 Å². The second-order valence-electron chi connectivity index (χ2n) is 7.52. The molecule has 1 saturated heterocycles. The van der Waals surface area contributed by atoms with Crippen LogP contribution in [0, 0.1) is 0 Å². The molecule has 0 amide bonds. The summed E-state index contributed by atoms with van der Waals surface area (Å²) in [7, 11) is 0. The minimum Gasteiger partial charge on any atom is -0.494 e. The van der Waals surface area contributed by atoms with Crippen LogP contribution in [0.25, 0.3) is 0 Å². The molecule has 1 aromatic carbocycles. The normalized spacial score (nSPS) is 16.1. The van der Waals surface area contributed by atoms with Crippen molar-refractivity contribution in [3.63, 3.8) is 0 Å². The molecule has 0 aromatic heterocycles. The van der Waals surface area contributed by atoms with Crippen LogP contribution in [0.3, 0.4) is 0 Å². The van der Waals surface area contributed by atoms with E-state index in [0.29, 0.717) is 0 Å². The highest BCUT2D eigenvalue weighted by Gasteiger charge is 2.16. The van der Waals surface area contributed by atoms with Crippen LogP contribution in [0.2, 0.25) is 0 Å². The lowest BCUT2D eigenvalue weighted by molar-refractivity contribution is 0.126. The van der Waals surface area contributed by atoms with Gasteiger partial charge in [-0.15, -0.1) is 0 Å².